The van der Waals surface area contributed by atoms with E-state index in [2.05, 4.69) is 12.2 Å². The van der Waals surface area contributed by atoms with E-state index in [1.54, 1.807) is 6.07 Å². The largest absolute Gasteiger partial charge is 0.456 e. The highest BCUT2D eigenvalue weighted by molar-refractivity contribution is 5.82. The first-order valence-corrected chi connectivity index (χ1v) is 7.65. The molecule has 3 aromatic rings. The summed E-state index contributed by atoms with van der Waals surface area (Å²) in [5, 5.41) is 3.97. The maximum atomic E-state index is 12.3. The molecule has 3 heteroatoms. The highest BCUT2D eigenvalue weighted by atomic mass is 16.3. The lowest BCUT2D eigenvalue weighted by molar-refractivity contribution is 0.619. The summed E-state index contributed by atoms with van der Waals surface area (Å²) in [5.41, 5.74) is 2.49. The number of rotatable bonds is 5. The number of anilines is 1. The topological polar surface area (TPSA) is 42.2 Å². The second kappa shape index (κ2) is 6.48. The predicted octanol–water partition coefficient (Wildman–Crippen LogP) is 4.67. The number of hydrogen-bond donors (Lipinski definition) is 1. The number of fused-ring (bicyclic) bond motifs is 1. The van der Waals surface area contributed by atoms with Crippen molar-refractivity contribution < 1.29 is 4.42 Å². The fourth-order valence-electron chi connectivity index (χ4n) is 2.42. The van der Waals surface area contributed by atoms with Crippen LogP contribution >= 0.6 is 0 Å². The quantitative estimate of drug-likeness (QED) is 0.695. The molecule has 0 radical (unpaired) electrons. The van der Waals surface area contributed by atoms with Crippen molar-refractivity contribution in [2.75, 3.05) is 11.9 Å². The monoisotopic (exact) mass is 293 g/mol. The maximum Gasteiger partial charge on any atom is 0.193 e. The van der Waals surface area contributed by atoms with Gasteiger partial charge in [0.1, 0.15) is 11.3 Å². The van der Waals surface area contributed by atoms with Crippen LogP contribution in [0.2, 0.25) is 0 Å². The zero-order valence-corrected chi connectivity index (χ0v) is 12.6. The van der Waals surface area contributed by atoms with Crippen molar-refractivity contribution in [3.05, 3.63) is 64.8 Å². The Bertz CT molecular complexity index is 822. The summed E-state index contributed by atoms with van der Waals surface area (Å²) in [7, 11) is 0. The zero-order chi connectivity index (χ0) is 15.4. The lowest BCUT2D eigenvalue weighted by Gasteiger charge is -2.07. The van der Waals surface area contributed by atoms with Crippen molar-refractivity contribution in [1.82, 2.24) is 0 Å². The van der Waals surface area contributed by atoms with E-state index < -0.39 is 0 Å². The molecule has 112 valence electrons. The normalized spacial score (nSPS) is 10.8. The molecule has 2 aromatic carbocycles. The average Bonchev–Trinajstić information content (AvgIpc) is 2.55. The summed E-state index contributed by atoms with van der Waals surface area (Å²) >= 11 is 0. The van der Waals surface area contributed by atoms with Gasteiger partial charge in [-0.3, -0.25) is 4.79 Å². The van der Waals surface area contributed by atoms with E-state index in [1.807, 2.05) is 48.5 Å². The Morgan fingerprint density at radius 2 is 1.86 bits per heavy atom. The first kappa shape index (κ1) is 14.4. The molecule has 0 aliphatic rings. The van der Waals surface area contributed by atoms with Crippen molar-refractivity contribution >= 4 is 16.7 Å². The summed E-state index contributed by atoms with van der Waals surface area (Å²) in [4.78, 5) is 12.3. The molecule has 0 saturated carbocycles. The fourth-order valence-corrected chi connectivity index (χ4v) is 2.42. The predicted molar refractivity (Wildman–Crippen MR) is 91.3 cm³/mol. The molecule has 0 spiro atoms. The third kappa shape index (κ3) is 3.03. The standard InChI is InChI=1S/C19H19NO2/c1-2-3-11-20-15-9-10-16-17(21)13-18(22-19(16)12-15)14-7-5-4-6-8-14/h4-10,12-13,20H,2-3,11H2,1H3. The average molecular weight is 293 g/mol. The van der Waals surface area contributed by atoms with Gasteiger partial charge in [0.2, 0.25) is 0 Å². The van der Waals surface area contributed by atoms with Gasteiger partial charge in [-0.2, -0.15) is 0 Å². The molecule has 0 amide bonds. The number of unbranched alkanes of at least 4 members (excludes halogenated alkanes) is 1. The van der Waals surface area contributed by atoms with E-state index in [9.17, 15) is 4.79 Å². The van der Waals surface area contributed by atoms with Gasteiger partial charge >= 0.3 is 0 Å². The van der Waals surface area contributed by atoms with Crippen LogP contribution in [0, 0.1) is 0 Å². The van der Waals surface area contributed by atoms with Crippen molar-refractivity contribution in [3.8, 4) is 11.3 Å². The Morgan fingerprint density at radius 1 is 1.05 bits per heavy atom. The third-order valence-corrected chi connectivity index (χ3v) is 3.65. The van der Waals surface area contributed by atoms with E-state index in [1.165, 1.54) is 0 Å². The second-order valence-corrected chi connectivity index (χ2v) is 5.33. The van der Waals surface area contributed by atoms with Crippen LogP contribution in [0.4, 0.5) is 5.69 Å². The molecule has 0 aliphatic heterocycles. The van der Waals surface area contributed by atoms with Gasteiger partial charge < -0.3 is 9.73 Å². The van der Waals surface area contributed by atoms with E-state index in [4.69, 9.17) is 4.42 Å². The SMILES string of the molecule is CCCCNc1ccc2c(=O)cc(-c3ccccc3)oc2c1. The molecule has 3 rings (SSSR count). The van der Waals surface area contributed by atoms with Gasteiger partial charge in [0.25, 0.3) is 0 Å². The van der Waals surface area contributed by atoms with Crippen molar-refractivity contribution in [1.29, 1.82) is 0 Å². The van der Waals surface area contributed by atoms with Gasteiger partial charge in [-0.25, -0.2) is 0 Å². The van der Waals surface area contributed by atoms with E-state index in [-0.39, 0.29) is 5.43 Å². The van der Waals surface area contributed by atoms with Gasteiger partial charge in [-0.05, 0) is 18.6 Å². The van der Waals surface area contributed by atoms with E-state index >= 15 is 0 Å². The Balaban J connectivity index is 2.01. The van der Waals surface area contributed by atoms with Crippen LogP contribution in [0.5, 0.6) is 0 Å². The molecule has 0 bridgehead atoms. The van der Waals surface area contributed by atoms with Crippen LogP contribution in [0.25, 0.3) is 22.3 Å². The third-order valence-electron chi connectivity index (χ3n) is 3.65. The van der Waals surface area contributed by atoms with Crippen LogP contribution in [0.1, 0.15) is 19.8 Å². The first-order chi connectivity index (χ1) is 10.8. The molecule has 0 aliphatic carbocycles. The molecule has 0 fully saturated rings. The molecule has 0 atom stereocenters. The summed E-state index contributed by atoms with van der Waals surface area (Å²) in [6.45, 7) is 3.08. The number of benzene rings is 2. The minimum Gasteiger partial charge on any atom is -0.456 e. The van der Waals surface area contributed by atoms with Crippen molar-refractivity contribution in [2.45, 2.75) is 19.8 Å². The van der Waals surface area contributed by atoms with Gasteiger partial charge in [-0.15, -0.1) is 0 Å². The molecule has 3 nitrogen and oxygen atoms in total. The van der Waals surface area contributed by atoms with Crippen molar-refractivity contribution in [3.63, 3.8) is 0 Å². The zero-order valence-electron chi connectivity index (χ0n) is 12.6. The molecular weight excluding hydrogens is 274 g/mol. The highest BCUT2D eigenvalue weighted by Gasteiger charge is 2.07. The molecular formula is C19H19NO2. The fraction of sp³-hybridized carbons (Fsp3) is 0.211. The Morgan fingerprint density at radius 3 is 2.64 bits per heavy atom. The van der Waals surface area contributed by atoms with Crippen LogP contribution in [-0.2, 0) is 0 Å². The van der Waals surface area contributed by atoms with Crippen LogP contribution in [0.3, 0.4) is 0 Å². The summed E-state index contributed by atoms with van der Waals surface area (Å²) in [6.07, 6.45) is 2.26. The number of nitrogens with one attached hydrogen (secondary N) is 1. The van der Waals surface area contributed by atoms with Gasteiger partial charge in [-0.1, -0.05) is 43.7 Å². The molecule has 1 aromatic heterocycles. The lowest BCUT2D eigenvalue weighted by Crippen LogP contribution is -2.03. The van der Waals surface area contributed by atoms with E-state index in [0.717, 1.165) is 30.6 Å². The Hall–Kier alpha value is -2.55. The summed E-state index contributed by atoms with van der Waals surface area (Å²) < 4.78 is 5.94. The van der Waals surface area contributed by atoms with Gasteiger partial charge in [0.05, 0.1) is 5.39 Å². The van der Waals surface area contributed by atoms with Crippen molar-refractivity contribution in [2.24, 2.45) is 0 Å². The van der Waals surface area contributed by atoms with Crippen LogP contribution in [-0.4, -0.2) is 6.54 Å². The minimum atomic E-state index is -0.0137. The molecule has 0 saturated heterocycles. The Labute approximate surface area is 129 Å². The molecule has 1 N–H and O–H groups in total. The number of hydrogen-bond acceptors (Lipinski definition) is 3. The van der Waals surface area contributed by atoms with Crippen LogP contribution < -0.4 is 10.7 Å². The molecule has 0 unspecified atom stereocenters. The maximum absolute atomic E-state index is 12.3. The van der Waals surface area contributed by atoms with Gasteiger partial charge in [0, 0.05) is 29.9 Å². The van der Waals surface area contributed by atoms with Gasteiger partial charge in [0.15, 0.2) is 5.43 Å². The second-order valence-electron chi connectivity index (χ2n) is 5.33. The Kier molecular flexibility index (Phi) is 4.24. The first-order valence-electron chi connectivity index (χ1n) is 7.65. The summed E-state index contributed by atoms with van der Waals surface area (Å²) in [6, 6.07) is 16.9. The smallest absolute Gasteiger partial charge is 0.193 e. The molecule has 1 heterocycles. The summed E-state index contributed by atoms with van der Waals surface area (Å²) in [5.74, 6) is 0.601. The lowest BCUT2D eigenvalue weighted by atomic mass is 10.1. The highest BCUT2D eigenvalue weighted by Crippen LogP contribution is 2.23. The minimum absolute atomic E-state index is 0.0137. The van der Waals surface area contributed by atoms with E-state index in [0.29, 0.717) is 16.7 Å². The molecule has 22 heavy (non-hydrogen) atoms. The van der Waals surface area contributed by atoms with Crippen LogP contribution in [0.15, 0.2) is 63.8 Å².